The highest BCUT2D eigenvalue weighted by molar-refractivity contribution is 4.94. The average molecular weight is 294 g/mol. The molecule has 1 atom stereocenters. The van der Waals surface area contributed by atoms with E-state index in [1.807, 2.05) is 6.92 Å². The molecule has 3 rings (SSSR count). The van der Waals surface area contributed by atoms with Crippen molar-refractivity contribution < 1.29 is 5.11 Å². The molecule has 1 unspecified atom stereocenters. The van der Waals surface area contributed by atoms with Gasteiger partial charge in [-0.25, -0.2) is 0 Å². The molecule has 0 aromatic rings. The van der Waals surface area contributed by atoms with Crippen LogP contribution in [0.15, 0.2) is 0 Å². The normalized spacial score (nSPS) is 42.1. The molecular formula is C18H34N2O. The summed E-state index contributed by atoms with van der Waals surface area (Å²) in [7, 11) is 0. The van der Waals surface area contributed by atoms with Crippen LogP contribution in [0.1, 0.15) is 65.2 Å². The molecule has 2 N–H and O–H groups in total. The van der Waals surface area contributed by atoms with Crippen LogP contribution in [0, 0.1) is 11.3 Å². The quantitative estimate of drug-likeness (QED) is 0.818. The second-order valence-corrected chi connectivity index (χ2v) is 8.65. The first-order chi connectivity index (χ1) is 9.96. The van der Waals surface area contributed by atoms with Gasteiger partial charge < -0.3 is 10.4 Å². The fourth-order valence-corrected chi connectivity index (χ4v) is 4.35. The van der Waals surface area contributed by atoms with Crippen molar-refractivity contribution in [2.75, 3.05) is 26.2 Å². The lowest BCUT2D eigenvalue weighted by molar-refractivity contribution is -0.0345. The maximum absolute atomic E-state index is 10.4. The van der Waals surface area contributed by atoms with E-state index in [-0.39, 0.29) is 0 Å². The minimum Gasteiger partial charge on any atom is -0.389 e. The summed E-state index contributed by atoms with van der Waals surface area (Å²) in [4.78, 5) is 2.55. The van der Waals surface area contributed by atoms with Gasteiger partial charge >= 0.3 is 0 Å². The second-order valence-electron chi connectivity index (χ2n) is 8.65. The Balaban J connectivity index is 1.60. The van der Waals surface area contributed by atoms with E-state index >= 15 is 0 Å². The van der Waals surface area contributed by atoms with Crippen LogP contribution in [-0.2, 0) is 0 Å². The summed E-state index contributed by atoms with van der Waals surface area (Å²) < 4.78 is 0. The highest BCUT2D eigenvalue weighted by Gasteiger charge is 2.39. The van der Waals surface area contributed by atoms with Crippen LogP contribution >= 0.6 is 0 Å². The second kappa shape index (κ2) is 6.17. The molecule has 0 aromatic heterocycles. The van der Waals surface area contributed by atoms with Crippen LogP contribution in [0.2, 0.25) is 0 Å². The molecule has 0 amide bonds. The van der Waals surface area contributed by atoms with Gasteiger partial charge in [0, 0.05) is 25.7 Å². The fraction of sp³-hybridized carbons (Fsp3) is 1.00. The third-order valence-electron chi connectivity index (χ3n) is 5.99. The Bertz CT molecular complexity index is 343. The number of hydrogen-bond donors (Lipinski definition) is 2. The largest absolute Gasteiger partial charge is 0.389 e. The number of rotatable bonds is 5. The molecular weight excluding hydrogens is 260 g/mol. The maximum Gasteiger partial charge on any atom is 0.0746 e. The number of aliphatic hydroxyl groups is 1. The van der Waals surface area contributed by atoms with Crippen molar-refractivity contribution in [2.45, 2.75) is 76.9 Å². The molecule has 3 fully saturated rings. The monoisotopic (exact) mass is 294 g/mol. The van der Waals surface area contributed by atoms with Crippen molar-refractivity contribution in [3.63, 3.8) is 0 Å². The standard InChI is InChI=1S/C18H34N2O/c1-15-6-9-18(10-7-15,12-19-16-4-5-16)14-20-11-3-8-17(2,21)13-20/h15-16,19,21H,3-14H2,1-2H3. The third kappa shape index (κ3) is 4.43. The molecule has 2 saturated carbocycles. The van der Waals surface area contributed by atoms with Gasteiger partial charge in [-0.05, 0) is 63.3 Å². The van der Waals surface area contributed by atoms with Crippen molar-refractivity contribution in [3.8, 4) is 0 Å². The van der Waals surface area contributed by atoms with Gasteiger partial charge in [0.2, 0.25) is 0 Å². The highest BCUT2D eigenvalue weighted by Crippen LogP contribution is 2.40. The van der Waals surface area contributed by atoms with Crippen molar-refractivity contribution >= 4 is 0 Å². The van der Waals surface area contributed by atoms with E-state index in [2.05, 4.69) is 17.1 Å². The fourth-order valence-electron chi connectivity index (χ4n) is 4.35. The van der Waals surface area contributed by atoms with Crippen molar-refractivity contribution in [3.05, 3.63) is 0 Å². The molecule has 0 spiro atoms. The minimum absolute atomic E-state index is 0.461. The van der Waals surface area contributed by atoms with Gasteiger partial charge in [-0.3, -0.25) is 4.90 Å². The zero-order chi connectivity index (χ0) is 14.9. The Labute approximate surface area is 130 Å². The van der Waals surface area contributed by atoms with Gasteiger partial charge in [0.15, 0.2) is 0 Å². The topological polar surface area (TPSA) is 35.5 Å². The Morgan fingerprint density at radius 1 is 1.14 bits per heavy atom. The molecule has 1 heterocycles. The van der Waals surface area contributed by atoms with Gasteiger partial charge in [-0.1, -0.05) is 19.8 Å². The molecule has 3 aliphatic rings. The number of nitrogens with one attached hydrogen (secondary N) is 1. The van der Waals surface area contributed by atoms with Gasteiger partial charge in [0.1, 0.15) is 0 Å². The Morgan fingerprint density at radius 3 is 2.48 bits per heavy atom. The summed E-state index contributed by atoms with van der Waals surface area (Å²) in [6, 6.07) is 0.811. The van der Waals surface area contributed by atoms with Crippen molar-refractivity contribution in [1.82, 2.24) is 10.2 Å². The van der Waals surface area contributed by atoms with Crippen LogP contribution in [0.25, 0.3) is 0 Å². The Kier molecular flexibility index (Phi) is 4.63. The van der Waals surface area contributed by atoms with Crippen LogP contribution in [0.5, 0.6) is 0 Å². The predicted molar refractivity (Wildman–Crippen MR) is 87.4 cm³/mol. The highest BCUT2D eigenvalue weighted by atomic mass is 16.3. The summed E-state index contributed by atoms with van der Waals surface area (Å²) in [5.74, 6) is 0.906. The third-order valence-corrected chi connectivity index (χ3v) is 5.99. The molecule has 122 valence electrons. The SMILES string of the molecule is CC1CCC(CNC2CC2)(CN2CCCC(C)(O)C2)CC1. The average Bonchev–Trinajstić information content (AvgIpc) is 3.23. The van der Waals surface area contributed by atoms with Crippen LogP contribution in [-0.4, -0.2) is 47.8 Å². The molecule has 0 aromatic carbocycles. The van der Waals surface area contributed by atoms with Crippen molar-refractivity contribution in [2.24, 2.45) is 11.3 Å². The molecule has 21 heavy (non-hydrogen) atoms. The van der Waals surface area contributed by atoms with E-state index in [0.29, 0.717) is 5.41 Å². The van der Waals surface area contributed by atoms with Crippen LogP contribution in [0.3, 0.4) is 0 Å². The van der Waals surface area contributed by atoms with Gasteiger partial charge in [0.05, 0.1) is 5.60 Å². The zero-order valence-electron chi connectivity index (χ0n) is 14.0. The molecule has 0 bridgehead atoms. The maximum atomic E-state index is 10.4. The lowest BCUT2D eigenvalue weighted by atomic mass is 9.70. The van der Waals surface area contributed by atoms with Gasteiger partial charge in [-0.15, -0.1) is 0 Å². The Hall–Kier alpha value is -0.120. The number of hydrogen-bond acceptors (Lipinski definition) is 3. The zero-order valence-corrected chi connectivity index (χ0v) is 14.0. The molecule has 3 heteroatoms. The first kappa shape index (κ1) is 15.8. The summed E-state index contributed by atoms with van der Waals surface area (Å²) in [6.07, 6.45) is 10.4. The number of nitrogens with zero attached hydrogens (tertiary/aromatic N) is 1. The number of β-amino-alcohol motifs (C(OH)–C–C–N with tert-alkyl or cyclic N) is 1. The molecule has 2 aliphatic carbocycles. The first-order valence-corrected chi connectivity index (χ1v) is 9.15. The predicted octanol–water partition coefficient (Wildman–Crippen LogP) is 2.78. The van der Waals surface area contributed by atoms with Gasteiger partial charge in [-0.2, -0.15) is 0 Å². The van der Waals surface area contributed by atoms with E-state index in [9.17, 15) is 5.11 Å². The molecule has 0 radical (unpaired) electrons. The van der Waals surface area contributed by atoms with Crippen molar-refractivity contribution in [1.29, 1.82) is 0 Å². The van der Waals surface area contributed by atoms with E-state index in [1.54, 1.807) is 0 Å². The smallest absolute Gasteiger partial charge is 0.0746 e. The lowest BCUT2D eigenvalue weighted by Gasteiger charge is -2.46. The summed E-state index contributed by atoms with van der Waals surface area (Å²) in [5, 5.41) is 14.2. The van der Waals surface area contributed by atoms with E-state index in [1.165, 1.54) is 58.2 Å². The lowest BCUT2D eigenvalue weighted by Crippen LogP contribution is -2.52. The van der Waals surface area contributed by atoms with Gasteiger partial charge in [0.25, 0.3) is 0 Å². The Morgan fingerprint density at radius 2 is 1.86 bits per heavy atom. The first-order valence-electron chi connectivity index (χ1n) is 9.15. The number of piperidine rings is 1. The summed E-state index contributed by atoms with van der Waals surface area (Å²) in [6.45, 7) is 8.85. The van der Waals surface area contributed by atoms with Crippen LogP contribution < -0.4 is 5.32 Å². The minimum atomic E-state index is -0.467. The molecule has 1 saturated heterocycles. The number of likely N-dealkylation sites (tertiary alicyclic amines) is 1. The summed E-state index contributed by atoms with van der Waals surface area (Å²) >= 11 is 0. The molecule has 3 nitrogen and oxygen atoms in total. The van der Waals surface area contributed by atoms with E-state index < -0.39 is 5.60 Å². The molecule has 1 aliphatic heterocycles. The van der Waals surface area contributed by atoms with E-state index in [0.717, 1.165) is 31.3 Å². The summed E-state index contributed by atoms with van der Waals surface area (Å²) in [5.41, 5.74) is -0.00611. The van der Waals surface area contributed by atoms with E-state index in [4.69, 9.17) is 0 Å². The van der Waals surface area contributed by atoms with Crippen LogP contribution in [0.4, 0.5) is 0 Å².